The number of benzene rings is 1. The van der Waals surface area contributed by atoms with Crippen LogP contribution in [0.1, 0.15) is 32.3 Å². The maximum Gasteiger partial charge on any atom is 0.330 e. The molecule has 2 rings (SSSR count). The van der Waals surface area contributed by atoms with Gasteiger partial charge in [-0.2, -0.15) is 0 Å². The minimum absolute atomic E-state index is 0.510. The molecule has 1 atom stereocenters. The number of hydrogen-bond donors (Lipinski definition) is 1. The van der Waals surface area contributed by atoms with Gasteiger partial charge in [-0.1, -0.05) is 44.2 Å². The first-order valence-corrected chi connectivity index (χ1v) is 7.64. The highest BCUT2D eigenvalue weighted by molar-refractivity contribution is 5.89. The van der Waals surface area contributed by atoms with Crippen LogP contribution < -0.4 is 0 Å². The summed E-state index contributed by atoms with van der Waals surface area (Å²) < 4.78 is 0. The van der Waals surface area contributed by atoms with Crippen molar-refractivity contribution in [1.29, 1.82) is 0 Å². The number of carboxylic acid groups (broad SMARTS) is 1. The van der Waals surface area contributed by atoms with E-state index in [1.54, 1.807) is 0 Å². The van der Waals surface area contributed by atoms with Gasteiger partial charge in [0.05, 0.1) is 6.54 Å². The Bertz CT molecular complexity index is 497. The summed E-state index contributed by atoms with van der Waals surface area (Å²) in [5, 5.41) is 9.18. The number of rotatable bonds is 7. The van der Waals surface area contributed by atoms with Crippen LogP contribution in [0.2, 0.25) is 0 Å². The number of nitrogens with zero attached hydrogens (tertiary/aromatic N) is 2. The molecule has 1 heterocycles. The number of hydrogen-bond acceptors (Lipinski definition) is 3. The largest absolute Gasteiger partial charge is 0.480 e. The van der Waals surface area contributed by atoms with Crippen LogP contribution in [0.5, 0.6) is 0 Å². The first-order chi connectivity index (χ1) is 10.1. The minimum Gasteiger partial charge on any atom is -0.480 e. The molecule has 0 saturated carbocycles. The molecule has 0 bridgehead atoms. The summed E-state index contributed by atoms with van der Waals surface area (Å²) >= 11 is 0. The Labute approximate surface area is 126 Å². The Balaban J connectivity index is 1.96. The number of carbonyl (C=O) groups is 1. The van der Waals surface area contributed by atoms with Gasteiger partial charge in [-0.3, -0.25) is 4.99 Å². The SMILES string of the molecule is CC(C)CCC1=NC(C(=O)O)CN1CCc1ccccc1. The molecule has 1 aliphatic rings. The summed E-state index contributed by atoms with van der Waals surface area (Å²) in [7, 11) is 0. The summed E-state index contributed by atoms with van der Waals surface area (Å²) in [6.07, 6.45) is 2.84. The third kappa shape index (κ3) is 4.59. The van der Waals surface area contributed by atoms with Crippen molar-refractivity contribution in [2.45, 2.75) is 39.2 Å². The first-order valence-electron chi connectivity index (χ1n) is 7.64. The highest BCUT2D eigenvalue weighted by atomic mass is 16.4. The predicted molar refractivity (Wildman–Crippen MR) is 84.6 cm³/mol. The highest BCUT2D eigenvalue weighted by Gasteiger charge is 2.29. The monoisotopic (exact) mass is 288 g/mol. The van der Waals surface area contributed by atoms with Crippen LogP contribution >= 0.6 is 0 Å². The molecule has 1 N–H and O–H groups in total. The molecule has 0 aromatic heterocycles. The Kier molecular flexibility index (Phi) is 5.37. The molecule has 1 aliphatic heterocycles. The topological polar surface area (TPSA) is 52.9 Å². The summed E-state index contributed by atoms with van der Waals surface area (Å²) in [6.45, 7) is 5.71. The zero-order chi connectivity index (χ0) is 15.2. The van der Waals surface area contributed by atoms with Gasteiger partial charge in [0.25, 0.3) is 0 Å². The van der Waals surface area contributed by atoms with Crippen molar-refractivity contribution in [3.63, 3.8) is 0 Å². The lowest BCUT2D eigenvalue weighted by atomic mass is 10.1. The van der Waals surface area contributed by atoms with Gasteiger partial charge in [0, 0.05) is 13.0 Å². The zero-order valence-electron chi connectivity index (χ0n) is 12.8. The minimum atomic E-state index is -0.820. The summed E-state index contributed by atoms with van der Waals surface area (Å²) in [4.78, 5) is 17.7. The van der Waals surface area contributed by atoms with Gasteiger partial charge >= 0.3 is 5.97 Å². The van der Waals surface area contributed by atoms with Crippen molar-refractivity contribution in [3.8, 4) is 0 Å². The van der Waals surface area contributed by atoms with Crippen LogP contribution in [0.4, 0.5) is 0 Å². The average Bonchev–Trinajstić information content (AvgIpc) is 2.87. The van der Waals surface area contributed by atoms with E-state index in [1.165, 1.54) is 5.56 Å². The van der Waals surface area contributed by atoms with Gasteiger partial charge in [-0.15, -0.1) is 0 Å². The quantitative estimate of drug-likeness (QED) is 0.839. The second-order valence-corrected chi connectivity index (χ2v) is 6.01. The molecule has 0 spiro atoms. The van der Waals surface area contributed by atoms with Crippen molar-refractivity contribution in [3.05, 3.63) is 35.9 Å². The van der Waals surface area contributed by atoms with E-state index in [0.717, 1.165) is 31.6 Å². The Morgan fingerprint density at radius 2 is 2.05 bits per heavy atom. The van der Waals surface area contributed by atoms with Crippen molar-refractivity contribution in [2.75, 3.05) is 13.1 Å². The maximum absolute atomic E-state index is 11.2. The van der Waals surface area contributed by atoms with Crippen LogP contribution in [-0.2, 0) is 11.2 Å². The van der Waals surface area contributed by atoms with Crippen molar-refractivity contribution < 1.29 is 9.90 Å². The van der Waals surface area contributed by atoms with Crippen LogP contribution in [0.15, 0.2) is 35.3 Å². The van der Waals surface area contributed by atoms with E-state index in [4.69, 9.17) is 0 Å². The molecule has 1 aromatic rings. The van der Waals surface area contributed by atoms with Gasteiger partial charge in [-0.05, 0) is 24.3 Å². The molecule has 0 saturated heterocycles. The van der Waals surface area contributed by atoms with Crippen LogP contribution in [0.3, 0.4) is 0 Å². The van der Waals surface area contributed by atoms with E-state index in [2.05, 4.69) is 35.9 Å². The molecule has 0 fully saturated rings. The number of amidine groups is 1. The lowest BCUT2D eigenvalue weighted by molar-refractivity contribution is -0.138. The van der Waals surface area contributed by atoms with Crippen LogP contribution in [-0.4, -0.2) is 40.9 Å². The summed E-state index contributed by atoms with van der Waals surface area (Å²) in [5.74, 6) is 0.749. The lowest BCUT2D eigenvalue weighted by Crippen LogP contribution is -2.33. The van der Waals surface area contributed by atoms with Gasteiger partial charge in [0.1, 0.15) is 5.84 Å². The Morgan fingerprint density at radius 1 is 1.33 bits per heavy atom. The van der Waals surface area contributed by atoms with Gasteiger partial charge in [-0.25, -0.2) is 4.79 Å². The molecule has 0 amide bonds. The fourth-order valence-electron chi connectivity index (χ4n) is 2.52. The average molecular weight is 288 g/mol. The molecule has 4 heteroatoms. The summed E-state index contributed by atoms with van der Waals surface area (Å²) in [6, 6.07) is 9.70. The van der Waals surface area contributed by atoms with E-state index < -0.39 is 12.0 Å². The van der Waals surface area contributed by atoms with Crippen LogP contribution in [0, 0.1) is 5.92 Å². The van der Waals surface area contributed by atoms with Crippen LogP contribution in [0.25, 0.3) is 0 Å². The Morgan fingerprint density at radius 3 is 2.67 bits per heavy atom. The highest BCUT2D eigenvalue weighted by Crippen LogP contribution is 2.16. The van der Waals surface area contributed by atoms with E-state index in [-0.39, 0.29) is 0 Å². The second kappa shape index (κ2) is 7.25. The standard InChI is InChI=1S/C17H24N2O2/c1-13(2)8-9-16-18-15(17(20)21)12-19(16)11-10-14-6-4-3-5-7-14/h3-7,13,15H,8-12H2,1-2H3,(H,20,21). The summed E-state index contributed by atoms with van der Waals surface area (Å²) in [5.41, 5.74) is 1.28. The fourth-order valence-corrected chi connectivity index (χ4v) is 2.52. The molecule has 4 nitrogen and oxygen atoms in total. The number of aliphatic imine (C=N–C) groups is 1. The number of aliphatic carboxylic acids is 1. The molecule has 21 heavy (non-hydrogen) atoms. The number of carboxylic acids is 1. The van der Waals surface area contributed by atoms with Gasteiger partial charge in [0.15, 0.2) is 6.04 Å². The zero-order valence-corrected chi connectivity index (χ0v) is 12.8. The van der Waals surface area contributed by atoms with E-state index >= 15 is 0 Å². The predicted octanol–water partition coefficient (Wildman–Crippen LogP) is 2.83. The molecule has 0 radical (unpaired) electrons. The van der Waals surface area contributed by atoms with Crippen molar-refractivity contribution in [1.82, 2.24) is 4.90 Å². The first kappa shape index (κ1) is 15.5. The smallest absolute Gasteiger partial charge is 0.330 e. The van der Waals surface area contributed by atoms with Crippen molar-refractivity contribution in [2.24, 2.45) is 10.9 Å². The molecular formula is C17H24N2O2. The third-order valence-electron chi connectivity index (χ3n) is 3.81. The molecule has 1 aromatic carbocycles. The third-order valence-corrected chi connectivity index (χ3v) is 3.81. The van der Waals surface area contributed by atoms with Crippen molar-refractivity contribution >= 4 is 11.8 Å². The van der Waals surface area contributed by atoms with Gasteiger partial charge < -0.3 is 10.0 Å². The van der Waals surface area contributed by atoms with E-state index in [9.17, 15) is 9.90 Å². The van der Waals surface area contributed by atoms with E-state index in [1.807, 2.05) is 18.2 Å². The van der Waals surface area contributed by atoms with E-state index in [0.29, 0.717) is 12.5 Å². The maximum atomic E-state index is 11.2. The van der Waals surface area contributed by atoms with Gasteiger partial charge in [0.2, 0.25) is 0 Å². The molecular weight excluding hydrogens is 264 g/mol. The molecule has 1 unspecified atom stereocenters. The Hall–Kier alpha value is -1.84. The second-order valence-electron chi connectivity index (χ2n) is 6.01. The molecule has 0 aliphatic carbocycles. The lowest BCUT2D eigenvalue weighted by Gasteiger charge is -2.21. The normalized spacial score (nSPS) is 18.1. The molecule has 114 valence electrons. The fraction of sp³-hybridized carbons (Fsp3) is 0.529.